The standard InChI is InChI=1S/C13H17BrN2O/c1-9-4-2-7-12(15-9)13(17)16-11-6-3-5-10(11)8-14/h2,4,7,10-11H,3,5-6,8H2,1H3,(H,16,17). The molecule has 17 heavy (non-hydrogen) atoms. The molecule has 1 aromatic heterocycles. The normalized spacial score (nSPS) is 23.6. The molecule has 92 valence electrons. The van der Waals surface area contributed by atoms with Gasteiger partial charge in [-0.15, -0.1) is 0 Å². The molecule has 1 aromatic rings. The van der Waals surface area contributed by atoms with Crippen molar-refractivity contribution in [3.05, 3.63) is 29.6 Å². The highest BCUT2D eigenvalue weighted by atomic mass is 79.9. The monoisotopic (exact) mass is 296 g/mol. The lowest BCUT2D eigenvalue weighted by Crippen LogP contribution is -2.38. The summed E-state index contributed by atoms with van der Waals surface area (Å²) in [6.07, 6.45) is 3.47. The van der Waals surface area contributed by atoms with E-state index < -0.39 is 0 Å². The largest absolute Gasteiger partial charge is 0.348 e. The van der Waals surface area contributed by atoms with E-state index in [1.54, 1.807) is 6.07 Å². The molecule has 1 heterocycles. The van der Waals surface area contributed by atoms with E-state index in [0.29, 0.717) is 17.7 Å². The lowest BCUT2D eigenvalue weighted by molar-refractivity contribution is 0.0925. The summed E-state index contributed by atoms with van der Waals surface area (Å²) >= 11 is 3.51. The van der Waals surface area contributed by atoms with Gasteiger partial charge in [0, 0.05) is 17.1 Å². The summed E-state index contributed by atoms with van der Waals surface area (Å²) in [5, 5.41) is 4.05. The van der Waals surface area contributed by atoms with Crippen molar-refractivity contribution in [1.82, 2.24) is 10.3 Å². The van der Waals surface area contributed by atoms with Gasteiger partial charge in [0.2, 0.25) is 0 Å². The Labute approximate surface area is 110 Å². The van der Waals surface area contributed by atoms with Gasteiger partial charge in [-0.25, -0.2) is 4.98 Å². The van der Waals surface area contributed by atoms with Crippen LogP contribution in [0.15, 0.2) is 18.2 Å². The fraction of sp³-hybridized carbons (Fsp3) is 0.538. The number of nitrogens with one attached hydrogen (secondary N) is 1. The number of hydrogen-bond acceptors (Lipinski definition) is 2. The van der Waals surface area contributed by atoms with E-state index in [2.05, 4.69) is 26.2 Å². The molecule has 1 N–H and O–H groups in total. The Morgan fingerprint density at radius 3 is 3.06 bits per heavy atom. The van der Waals surface area contributed by atoms with Crippen LogP contribution in [0.5, 0.6) is 0 Å². The summed E-state index contributed by atoms with van der Waals surface area (Å²) in [5.41, 5.74) is 1.39. The maximum atomic E-state index is 12.0. The van der Waals surface area contributed by atoms with Crippen LogP contribution < -0.4 is 5.32 Å². The average molecular weight is 297 g/mol. The minimum absolute atomic E-state index is 0.0495. The molecule has 0 aliphatic heterocycles. The Bertz CT molecular complexity index is 408. The van der Waals surface area contributed by atoms with E-state index in [4.69, 9.17) is 0 Å². The molecule has 0 spiro atoms. The number of amides is 1. The van der Waals surface area contributed by atoms with Crippen molar-refractivity contribution in [2.45, 2.75) is 32.2 Å². The van der Waals surface area contributed by atoms with Crippen molar-refractivity contribution in [2.75, 3.05) is 5.33 Å². The molecule has 3 nitrogen and oxygen atoms in total. The number of pyridine rings is 1. The van der Waals surface area contributed by atoms with E-state index in [9.17, 15) is 4.79 Å². The number of hydrogen-bond donors (Lipinski definition) is 1. The predicted molar refractivity (Wildman–Crippen MR) is 71.4 cm³/mol. The zero-order chi connectivity index (χ0) is 12.3. The maximum Gasteiger partial charge on any atom is 0.270 e. The van der Waals surface area contributed by atoms with Gasteiger partial charge >= 0.3 is 0 Å². The summed E-state index contributed by atoms with van der Waals surface area (Å²) in [6, 6.07) is 5.83. The number of nitrogens with zero attached hydrogens (tertiary/aromatic N) is 1. The van der Waals surface area contributed by atoms with E-state index in [1.165, 1.54) is 12.8 Å². The second kappa shape index (κ2) is 5.63. The first-order valence-corrected chi connectivity index (χ1v) is 7.13. The summed E-state index contributed by atoms with van der Waals surface area (Å²) in [4.78, 5) is 16.3. The first-order valence-electron chi connectivity index (χ1n) is 6.01. The van der Waals surface area contributed by atoms with Crippen molar-refractivity contribution < 1.29 is 4.79 Å². The van der Waals surface area contributed by atoms with E-state index in [1.807, 2.05) is 19.1 Å². The number of alkyl halides is 1. The number of carbonyl (C=O) groups is 1. The van der Waals surface area contributed by atoms with Crippen molar-refractivity contribution >= 4 is 21.8 Å². The molecule has 2 unspecified atom stereocenters. The van der Waals surface area contributed by atoms with Crippen LogP contribution in [-0.2, 0) is 0 Å². The third-order valence-electron chi connectivity index (χ3n) is 3.29. The Balaban J connectivity index is 2.01. The summed E-state index contributed by atoms with van der Waals surface area (Å²) < 4.78 is 0. The van der Waals surface area contributed by atoms with E-state index in [0.717, 1.165) is 17.4 Å². The highest BCUT2D eigenvalue weighted by Crippen LogP contribution is 2.27. The Morgan fingerprint density at radius 2 is 2.35 bits per heavy atom. The van der Waals surface area contributed by atoms with Crippen LogP contribution in [-0.4, -0.2) is 22.3 Å². The fourth-order valence-electron chi connectivity index (χ4n) is 2.32. The Hall–Kier alpha value is -0.900. The van der Waals surface area contributed by atoms with Crippen LogP contribution in [0.1, 0.15) is 35.4 Å². The predicted octanol–water partition coefficient (Wildman–Crippen LogP) is 2.68. The molecule has 1 saturated carbocycles. The zero-order valence-corrected chi connectivity index (χ0v) is 11.5. The average Bonchev–Trinajstić information content (AvgIpc) is 2.76. The van der Waals surface area contributed by atoms with Gasteiger partial charge < -0.3 is 5.32 Å². The molecule has 1 aliphatic rings. The number of halogens is 1. The molecule has 0 bridgehead atoms. The summed E-state index contributed by atoms with van der Waals surface area (Å²) in [5.74, 6) is 0.510. The highest BCUT2D eigenvalue weighted by molar-refractivity contribution is 9.09. The molecule has 1 amide bonds. The molecular weight excluding hydrogens is 280 g/mol. The van der Waals surface area contributed by atoms with Crippen molar-refractivity contribution in [3.8, 4) is 0 Å². The first kappa shape index (κ1) is 12.6. The van der Waals surface area contributed by atoms with Crippen LogP contribution in [0, 0.1) is 12.8 Å². The van der Waals surface area contributed by atoms with Gasteiger partial charge in [-0.05, 0) is 37.8 Å². The Morgan fingerprint density at radius 1 is 1.53 bits per heavy atom. The van der Waals surface area contributed by atoms with Crippen LogP contribution in [0.2, 0.25) is 0 Å². The molecule has 0 aromatic carbocycles. The van der Waals surface area contributed by atoms with Gasteiger partial charge in [0.1, 0.15) is 5.69 Å². The lowest BCUT2D eigenvalue weighted by Gasteiger charge is -2.18. The molecule has 2 atom stereocenters. The van der Waals surface area contributed by atoms with Gasteiger partial charge in [-0.1, -0.05) is 28.4 Å². The van der Waals surface area contributed by atoms with Gasteiger partial charge in [-0.3, -0.25) is 4.79 Å². The minimum Gasteiger partial charge on any atom is -0.348 e. The number of carbonyl (C=O) groups excluding carboxylic acids is 1. The SMILES string of the molecule is Cc1cccc(C(=O)NC2CCCC2CBr)n1. The number of aromatic nitrogens is 1. The van der Waals surface area contributed by atoms with Gasteiger partial charge in [0.25, 0.3) is 5.91 Å². The lowest BCUT2D eigenvalue weighted by atomic mass is 10.1. The minimum atomic E-state index is -0.0495. The Kier molecular flexibility index (Phi) is 4.15. The molecule has 4 heteroatoms. The van der Waals surface area contributed by atoms with Crippen molar-refractivity contribution in [2.24, 2.45) is 5.92 Å². The molecule has 2 rings (SSSR count). The molecule has 1 aliphatic carbocycles. The molecular formula is C13H17BrN2O. The van der Waals surface area contributed by atoms with Crippen LogP contribution in [0.4, 0.5) is 0 Å². The highest BCUT2D eigenvalue weighted by Gasteiger charge is 2.27. The number of rotatable bonds is 3. The molecule has 0 saturated heterocycles. The van der Waals surface area contributed by atoms with Crippen LogP contribution in [0.3, 0.4) is 0 Å². The van der Waals surface area contributed by atoms with Gasteiger partial charge in [0.05, 0.1) is 0 Å². The third kappa shape index (κ3) is 3.06. The second-order valence-electron chi connectivity index (χ2n) is 4.59. The summed E-state index contributed by atoms with van der Waals surface area (Å²) in [7, 11) is 0. The van der Waals surface area contributed by atoms with E-state index in [-0.39, 0.29) is 5.91 Å². The van der Waals surface area contributed by atoms with Crippen LogP contribution in [0.25, 0.3) is 0 Å². The second-order valence-corrected chi connectivity index (χ2v) is 5.24. The topological polar surface area (TPSA) is 42.0 Å². The van der Waals surface area contributed by atoms with E-state index >= 15 is 0 Å². The summed E-state index contributed by atoms with van der Waals surface area (Å²) in [6.45, 7) is 1.90. The fourth-order valence-corrected chi connectivity index (χ4v) is 3.10. The molecule has 0 radical (unpaired) electrons. The van der Waals surface area contributed by atoms with Crippen molar-refractivity contribution in [3.63, 3.8) is 0 Å². The quantitative estimate of drug-likeness (QED) is 0.872. The van der Waals surface area contributed by atoms with Crippen LogP contribution >= 0.6 is 15.9 Å². The smallest absolute Gasteiger partial charge is 0.270 e. The van der Waals surface area contributed by atoms with Crippen molar-refractivity contribution in [1.29, 1.82) is 0 Å². The number of aryl methyl sites for hydroxylation is 1. The maximum absolute atomic E-state index is 12.0. The third-order valence-corrected chi connectivity index (χ3v) is 4.13. The zero-order valence-electron chi connectivity index (χ0n) is 9.95. The van der Waals surface area contributed by atoms with Gasteiger partial charge in [-0.2, -0.15) is 0 Å². The molecule has 1 fully saturated rings. The first-order chi connectivity index (χ1) is 8.20. The van der Waals surface area contributed by atoms with Gasteiger partial charge in [0.15, 0.2) is 0 Å².